The minimum Gasteiger partial charge on any atom is -0.354 e. The van der Waals surface area contributed by atoms with Crippen LogP contribution in [0.5, 0.6) is 0 Å². The Kier molecular flexibility index (Phi) is 5.17. The molecule has 1 aromatic carbocycles. The van der Waals surface area contributed by atoms with Gasteiger partial charge in [0.15, 0.2) is 0 Å². The van der Waals surface area contributed by atoms with Crippen molar-refractivity contribution in [1.82, 2.24) is 5.32 Å². The van der Waals surface area contributed by atoms with Gasteiger partial charge in [0.25, 0.3) is 0 Å². The topological polar surface area (TPSA) is 52.9 Å². The third-order valence-corrected chi connectivity index (χ3v) is 4.22. The predicted molar refractivity (Wildman–Crippen MR) is 78.9 cm³/mol. The van der Waals surface area contributed by atoms with Gasteiger partial charge in [-0.05, 0) is 30.2 Å². The maximum absolute atomic E-state index is 12.1. The molecule has 1 saturated carbocycles. The highest BCUT2D eigenvalue weighted by Crippen LogP contribution is 2.27. The Labute approximate surface area is 121 Å². The van der Waals surface area contributed by atoms with Crippen LogP contribution in [-0.4, -0.2) is 12.5 Å². The second-order valence-electron chi connectivity index (χ2n) is 5.84. The number of carbonyl (C=O) groups is 1. The smallest absolute Gasteiger partial charge is 0.241 e. The lowest BCUT2D eigenvalue weighted by Gasteiger charge is -2.26. The summed E-state index contributed by atoms with van der Waals surface area (Å²) >= 11 is 0. The number of amides is 1. The molecule has 1 unspecified atom stereocenters. The van der Waals surface area contributed by atoms with E-state index in [1.807, 2.05) is 30.3 Å². The van der Waals surface area contributed by atoms with Crippen LogP contribution in [0.15, 0.2) is 30.3 Å². The molecular weight excluding hydrogens is 248 g/mol. The Morgan fingerprint density at radius 2 is 1.95 bits per heavy atom. The first-order valence-electron chi connectivity index (χ1n) is 7.43. The maximum atomic E-state index is 12.1. The molecule has 0 spiro atoms. The first-order valence-corrected chi connectivity index (χ1v) is 7.43. The molecule has 1 atom stereocenters. The van der Waals surface area contributed by atoms with Crippen molar-refractivity contribution in [3.05, 3.63) is 35.9 Å². The Balaban J connectivity index is 1.86. The third-order valence-electron chi connectivity index (χ3n) is 4.22. The van der Waals surface area contributed by atoms with Crippen LogP contribution in [0, 0.1) is 23.2 Å². The van der Waals surface area contributed by atoms with Crippen LogP contribution in [0.25, 0.3) is 0 Å². The van der Waals surface area contributed by atoms with E-state index in [-0.39, 0.29) is 5.91 Å². The van der Waals surface area contributed by atoms with Crippen molar-refractivity contribution < 1.29 is 4.79 Å². The van der Waals surface area contributed by atoms with Crippen molar-refractivity contribution >= 4 is 5.91 Å². The van der Waals surface area contributed by atoms with Gasteiger partial charge >= 0.3 is 0 Å². The molecule has 1 aliphatic rings. The molecule has 1 N–H and O–H groups in total. The van der Waals surface area contributed by atoms with Gasteiger partial charge in [0.1, 0.15) is 5.92 Å². The van der Waals surface area contributed by atoms with Gasteiger partial charge in [-0.3, -0.25) is 4.79 Å². The van der Waals surface area contributed by atoms with Crippen LogP contribution < -0.4 is 5.32 Å². The van der Waals surface area contributed by atoms with E-state index in [9.17, 15) is 10.1 Å². The normalized spacial score (nSPS) is 23.6. The molecule has 20 heavy (non-hydrogen) atoms. The van der Waals surface area contributed by atoms with Crippen LogP contribution in [-0.2, 0) is 4.79 Å². The Hall–Kier alpha value is -1.82. The number of nitriles is 1. The van der Waals surface area contributed by atoms with E-state index < -0.39 is 5.92 Å². The Morgan fingerprint density at radius 1 is 1.30 bits per heavy atom. The van der Waals surface area contributed by atoms with E-state index in [2.05, 4.69) is 18.3 Å². The first-order chi connectivity index (χ1) is 9.70. The molecule has 0 bridgehead atoms. The molecule has 1 fully saturated rings. The molecule has 0 saturated heterocycles. The monoisotopic (exact) mass is 270 g/mol. The summed E-state index contributed by atoms with van der Waals surface area (Å²) in [6.07, 6.45) is 4.87. The zero-order chi connectivity index (χ0) is 14.4. The van der Waals surface area contributed by atoms with E-state index >= 15 is 0 Å². The number of carbonyl (C=O) groups excluding carboxylic acids is 1. The molecule has 1 aromatic rings. The zero-order valence-corrected chi connectivity index (χ0v) is 12.0. The number of benzene rings is 1. The summed E-state index contributed by atoms with van der Waals surface area (Å²) in [7, 11) is 0. The lowest BCUT2D eigenvalue weighted by molar-refractivity contribution is -0.121. The highest BCUT2D eigenvalue weighted by molar-refractivity contribution is 5.86. The highest BCUT2D eigenvalue weighted by Gasteiger charge is 2.22. The summed E-state index contributed by atoms with van der Waals surface area (Å²) in [5.74, 6) is 0.527. The quantitative estimate of drug-likeness (QED) is 0.913. The molecule has 1 amide bonds. The van der Waals surface area contributed by atoms with Gasteiger partial charge in [-0.1, -0.05) is 50.1 Å². The molecule has 3 nitrogen and oxygen atoms in total. The largest absolute Gasteiger partial charge is 0.354 e. The summed E-state index contributed by atoms with van der Waals surface area (Å²) in [6.45, 7) is 2.99. The van der Waals surface area contributed by atoms with Gasteiger partial charge in [-0.25, -0.2) is 0 Å². The van der Waals surface area contributed by atoms with Gasteiger partial charge in [0.05, 0.1) is 6.07 Å². The number of rotatable bonds is 4. The SMILES string of the molecule is CC1CCC(CNC(=O)C(C#N)c2ccccc2)CC1. The molecule has 3 heteroatoms. The van der Waals surface area contributed by atoms with Gasteiger partial charge in [0.2, 0.25) is 5.91 Å². The second kappa shape index (κ2) is 7.09. The fourth-order valence-electron chi connectivity index (χ4n) is 2.81. The summed E-state index contributed by atoms with van der Waals surface area (Å²) in [4.78, 5) is 12.1. The van der Waals surface area contributed by atoms with Crippen LogP contribution in [0.4, 0.5) is 0 Å². The predicted octanol–water partition coefficient (Wildman–Crippen LogP) is 3.24. The van der Waals surface area contributed by atoms with Crippen LogP contribution in [0.1, 0.15) is 44.1 Å². The van der Waals surface area contributed by atoms with Gasteiger partial charge in [0, 0.05) is 6.54 Å². The molecule has 0 radical (unpaired) electrons. The van der Waals surface area contributed by atoms with Gasteiger partial charge in [-0.2, -0.15) is 5.26 Å². The second-order valence-corrected chi connectivity index (χ2v) is 5.84. The lowest BCUT2D eigenvalue weighted by Crippen LogP contribution is -2.34. The van der Waals surface area contributed by atoms with Crippen molar-refractivity contribution in [2.75, 3.05) is 6.54 Å². The zero-order valence-electron chi connectivity index (χ0n) is 12.0. The van der Waals surface area contributed by atoms with Gasteiger partial charge in [-0.15, -0.1) is 0 Å². The highest BCUT2D eigenvalue weighted by atomic mass is 16.1. The average Bonchev–Trinajstić information content (AvgIpc) is 2.48. The van der Waals surface area contributed by atoms with E-state index in [1.165, 1.54) is 25.7 Å². The van der Waals surface area contributed by atoms with Crippen LogP contribution in [0.3, 0.4) is 0 Å². The Bertz CT molecular complexity index is 470. The van der Waals surface area contributed by atoms with Crippen molar-refractivity contribution in [3.8, 4) is 6.07 Å². The summed E-state index contributed by atoms with van der Waals surface area (Å²) in [5, 5.41) is 12.2. The molecule has 0 aromatic heterocycles. The molecule has 106 valence electrons. The van der Waals surface area contributed by atoms with Gasteiger partial charge < -0.3 is 5.32 Å². The van der Waals surface area contributed by atoms with Crippen molar-refractivity contribution in [1.29, 1.82) is 5.26 Å². The summed E-state index contributed by atoms with van der Waals surface area (Å²) < 4.78 is 0. The molecule has 2 rings (SSSR count). The van der Waals surface area contributed by atoms with Crippen molar-refractivity contribution in [2.45, 2.75) is 38.5 Å². The molecule has 0 heterocycles. The Morgan fingerprint density at radius 3 is 2.55 bits per heavy atom. The maximum Gasteiger partial charge on any atom is 0.241 e. The minimum absolute atomic E-state index is 0.169. The fourth-order valence-corrected chi connectivity index (χ4v) is 2.81. The van der Waals surface area contributed by atoms with E-state index in [4.69, 9.17) is 0 Å². The molecule has 0 aliphatic heterocycles. The number of nitrogens with one attached hydrogen (secondary N) is 1. The number of hydrogen-bond acceptors (Lipinski definition) is 2. The van der Waals surface area contributed by atoms with E-state index in [1.54, 1.807) is 0 Å². The van der Waals surface area contributed by atoms with Crippen molar-refractivity contribution in [3.63, 3.8) is 0 Å². The van der Waals surface area contributed by atoms with Crippen molar-refractivity contribution in [2.24, 2.45) is 11.8 Å². The fraction of sp³-hybridized carbons (Fsp3) is 0.529. The number of nitrogens with zero attached hydrogens (tertiary/aromatic N) is 1. The van der Waals surface area contributed by atoms with Crippen LogP contribution >= 0.6 is 0 Å². The molecule has 1 aliphatic carbocycles. The summed E-state index contributed by atoms with van der Waals surface area (Å²) in [5.41, 5.74) is 0.768. The van der Waals surface area contributed by atoms with Crippen LogP contribution in [0.2, 0.25) is 0 Å². The third kappa shape index (κ3) is 3.84. The summed E-state index contributed by atoms with van der Waals surface area (Å²) in [6, 6.07) is 11.4. The molecular formula is C17H22N2O. The lowest BCUT2D eigenvalue weighted by atomic mass is 9.83. The van der Waals surface area contributed by atoms with E-state index in [0.717, 1.165) is 11.5 Å². The van der Waals surface area contributed by atoms with E-state index in [0.29, 0.717) is 12.5 Å². The number of hydrogen-bond donors (Lipinski definition) is 1. The standard InChI is InChI=1S/C17H22N2O/c1-13-7-9-14(10-8-13)12-19-17(20)16(11-18)15-5-3-2-4-6-15/h2-6,13-14,16H,7-10,12H2,1H3,(H,19,20). The first kappa shape index (κ1) is 14.6. The minimum atomic E-state index is -0.696. The average molecular weight is 270 g/mol.